The topological polar surface area (TPSA) is 122 Å². The maximum absolute atomic E-state index is 13.5. The second-order valence-corrected chi connectivity index (χ2v) is 15.2. The van der Waals surface area contributed by atoms with Crippen LogP contribution in [0.3, 0.4) is 0 Å². The van der Waals surface area contributed by atoms with Gasteiger partial charge in [-0.1, -0.05) is 33.6 Å². The molecule has 0 aliphatic carbocycles. The number of rotatable bonds is 9. The van der Waals surface area contributed by atoms with E-state index in [4.69, 9.17) is 16.3 Å². The maximum Gasteiger partial charge on any atom is 0.271 e. The molecular formula is C25H25BrClN3O6S3. The van der Waals surface area contributed by atoms with Crippen LogP contribution in [0.2, 0.25) is 4.34 Å². The van der Waals surface area contributed by atoms with Crippen LogP contribution in [0.25, 0.3) is 0 Å². The van der Waals surface area contributed by atoms with Gasteiger partial charge in [0.25, 0.3) is 15.9 Å². The Morgan fingerprint density at radius 2 is 1.85 bits per heavy atom. The summed E-state index contributed by atoms with van der Waals surface area (Å²) >= 11 is 10.1. The number of sulfone groups is 1. The zero-order chi connectivity index (χ0) is 28.4. The highest BCUT2D eigenvalue weighted by Crippen LogP contribution is 2.30. The molecule has 0 saturated carbocycles. The van der Waals surface area contributed by atoms with Crippen LogP contribution in [0, 0.1) is 6.92 Å². The van der Waals surface area contributed by atoms with Gasteiger partial charge in [-0.2, -0.15) is 0 Å². The fraction of sp³-hybridized carbons (Fsp3) is 0.240. The van der Waals surface area contributed by atoms with Crippen molar-refractivity contribution in [2.75, 3.05) is 36.3 Å². The average molecular weight is 675 g/mol. The lowest BCUT2D eigenvalue weighted by atomic mass is 10.1. The molecular weight excluding hydrogens is 650 g/mol. The molecule has 2 aromatic carbocycles. The van der Waals surface area contributed by atoms with Crippen LogP contribution in [0.4, 0.5) is 11.4 Å². The van der Waals surface area contributed by atoms with Crippen molar-refractivity contribution < 1.29 is 26.4 Å². The SMILES string of the molecule is C=CC(N1CCOCC1)S(=O)(=O)c1ccc(NC(=O)c2cc(Br)ccc2NS(=O)(=O)c2ccc(Cl)s2)cc1C. The van der Waals surface area contributed by atoms with Crippen molar-refractivity contribution in [3.05, 3.63) is 81.1 Å². The Hall–Kier alpha value is -2.26. The minimum absolute atomic E-state index is 0.00380. The molecule has 0 bridgehead atoms. The van der Waals surface area contributed by atoms with E-state index in [1.165, 1.54) is 42.5 Å². The van der Waals surface area contributed by atoms with Gasteiger partial charge >= 0.3 is 0 Å². The molecule has 39 heavy (non-hydrogen) atoms. The van der Waals surface area contributed by atoms with Crippen molar-refractivity contribution in [2.24, 2.45) is 0 Å². The molecule has 2 heterocycles. The Morgan fingerprint density at radius 3 is 2.46 bits per heavy atom. The number of ether oxygens (including phenoxy) is 1. The molecule has 1 aliphatic rings. The Kier molecular flexibility index (Phi) is 9.21. The number of anilines is 2. The fourth-order valence-corrected chi connectivity index (χ4v) is 8.92. The Morgan fingerprint density at radius 1 is 1.13 bits per heavy atom. The highest BCUT2D eigenvalue weighted by molar-refractivity contribution is 9.10. The largest absolute Gasteiger partial charge is 0.379 e. The molecule has 3 aromatic rings. The van der Waals surface area contributed by atoms with Gasteiger partial charge in [0.05, 0.1) is 33.7 Å². The van der Waals surface area contributed by atoms with Crippen LogP contribution in [0.15, 0.2) is 74.8 Å². The highest BCUT2D eigenvalue weighted by Gasteiger charge is 2.32. The number of carbonyl (C=O) groups is 1. The minimum atomic E-state index is -3.98. The molecule has 0 radical (unpaired) electrons. The van der Waals surface area contributed by atoms with Gasteiger partial charge in [-0.15, -0.1) is 17.9 Å². The number of aryl methyl sites for hydroxylation is 1. The normalized spacial score (nSPS) is 15.5. The van der Waals surface area contributed by atoms with E-state index in [1.54, 1.807) is 24.0 Å². The van der Waals surface area contributed by atoms with Gasteiger partial charge in [0.1, 0.15) is 9.58 Å². The summed E-state index contributed by atoms with van der Waals surface area (Å²) in [6, 6.07) is 11.9. The molecule has 1 aromatic heterocycles. The molecule has 1 aliphatic heterocycles. The standard InChI is InChI=1S/C25H25BrClN3O6S3/c1-3-23(30-10-12-36-13-11-30)38(32,33)21-7-5-18(14-16(21)2)28-25(31)19-15-17(26)4-6-20(19)29-39(34,35)24-9-8-22(27)37-24/h3-9,14-15,23,29H,1,10-13H2,2H3,(H,28,31). The van der Waals surface area contributed by atoms with Crippen molar-refractivity contribution in [1.82, 2.24) is 4.90 Å². The molecule has 14 heteroatoms. The summed E-state index contributed by atoms with van der Waals surface area (Å²) in [5.41, 5.74) is 0.911. The van der Waals surface area contributed by atoms with Crippen LogP contribution in [-0.4, -0.2) is 59.3 Å². The van der Waals surface area contributed by atoms with E-state index in [-0.39, 0.29) is 20.4 Å². The van der Waals surface area contributed by atoms with E-state index in [2.05, 4.69) is 32.5 Å². The van der Waals surface area contributed by atoms with Gasteiger partial charge < -0.3 is 10.1 Å². The van der Waals surface area contributed by atoms with E-state index < -0.39 is 31.1 Å². The van der Waals surface area contributed by atoms with Gasteiger partial charge in [0.15, 0.2) is 9.84 Å². The molecule has 9 nitrogen and oxygen atoms in total. The molecule has 4 rings (SSSR count). The van der Waals surface area contributed by atoms with Crippen molar-refractivity contribution in [3.8, 4) is 0 Å². The zero-order valence-corrected chi connectivity index (χ0v) is 25.5. The van der Waals surface area contributed by atoms with Crippen molar-refractivity contribution in [3.63, 3.8) is 0 Å². The van der Waals surface area contributed by atoms with Gasteiger partial charge in [0.2, 0.25) is 0 Å². The minimum Gasteiger partial charge on any atom is -0.379 e. The third kappa shape index (κ3) is 6.73. The summed E-state index contributed by atoms with van der Waals surface area (Å²) in [5, 5.41) is 1.82. The number of sulfonamides is 1. The Balaban J connectivity index is 1.58. The first kappa shape index (κ1) is 29.7. The number of morpholine rings is 1. The number of hydrogen-bond acceptors (Lipinski definition) is 8. The van der Waals surface area contributed by atoms with Crippen molar-refractivity contribution in [2.45, 2.75) is 21.4 Å². The van der Waals surface area contributed by atoms with E-state index in [1.807, 2.05) is 0 Å². The monoisotopic (exact) mass is 673 g/mol. The highest BCUT2D eigenvalue weighted by atomic mass is 79.9. The molecule has 2 N–H and O–H groups in total. The number of halogens is 2. The van der Waals surface area contributed by atoms with E-state index in [9.17, 15) is 21.6 Å². The molecule has 1 saturated heterocycles. The number of nitrogens with zero attached hydrogens (tertiary/aromatic N) is 1. The van der Waals surface area contributed by atoms with Gasteiger partial charge in [-0.25, -0.2) is 16.8 Å². The summed E-state index contributed by atoms with van der Waals surface area (Å²) in [6.07, 6.45) is 1.41. The Labute approximate surface area is 244 Å². The van der Waals surface area contributed by atoms with Crippen LogP contribution >= 0.6 is 38.9 Å². The molecule has 1 amide bonds. The first-order chi connectivity index (χ1) is 18.4. The van der Waals surface area contributed by atoms with E-state index in [0.29, 0.717) is 46.4 Å². The van der Waals surface area contributed by atoms with Crippen molar-refractivity contribution in [1.29, 1.82) is 0 Å². The first-order valence-electron chi connectivity index (χ1n) is 11.6. The average Bonchev–Trinajstić information content (AvgIpc) is 3.33. The zero-order valence-electron chi connectivity index (χ0n) is 20.7. The number of carbonyl (C=O) groups excluding carboxylic acids is 1. The van der Waals surface area contributed by atoms with Crippen LogP contribution in [0.5, 0.6) is 0 Å². The summed E-state index contributed by atoms with van der Waals surface area (Å²) < 4.78 is 61.2. The second-order valence-electron chi connectivity index (χ2n) is 8.61. The number of amides is 1. The number of hydrogen-bond donors (Lipinski definition) is 2. The quantitative estimate of drug-likeness (QED) is 0.302. The summed E-state index contributed by atoms with van der Waals surface area (Å²) in [5.74, 6) is -0.592. The summed E-state index contributed by atoms with van der Waals surface area (Å²) in [7, 11) is -7.77. The van der Waals surface area contributed by atoms with Gasteiger partial charge in [0, 0.05) is 23.2 Å². The molecule has 1 atom stereocenters. The Bertz CT molecular complexity index is 1620. The molecule has 1 fully saturated rings. The third-order valence-electron chi connectivity index (χ3n) is 5.95. The summed E-state index contributed by atoms with van der Waals surface area (Å²) in [4.78, 5) is 15.2. The number of thiophene rings is 1. The molecule has 208 valence electrons. The molecule has 1 unspecified atom stereocenters. The lowest BCUT2D eigenvalue weighted by molar-refractivity contribution is 0.0374. The third-order valence-corrected chi connectivity index (χ3v) is 11.7. The van der Waals surface area contributed by atoms with Crippen molar-refractivity contribution >= 4 is 76.0 Å². The van der Waals surface area contributed by atoms with E-state index >= 15 is 0 Å². The predicted octanol–water partition coefficient (Wildman–Crippen LogP) is 5.14. The smallest absolute Gasteiger partial charge is 0.271 e. The lowest BCUT2D eigenvalue weighted by Crippen LogP contribution is -2.46. The summed E-state index contributed by atoms with van der Waals surface area (Å²) in [6.45, 7) is 7.21. The first-order valence-corrected chi connectivity index (χ1v) is 16.6. The molecule has 0 spiro atoms. The van der Waals surface area contributed by atoms with Crippen LogP contribution in [0.1, 0.15) is 15.9 Å². The van der Waals surface area contributed by atoms with Gasteiger partial charge in [-0.05, 0) is 61.0 Å². The van der Waals surface area contributed by atoms with Crippen LogP contribution in [-0.2, 0) is 24.6 Å². The second kappa shape index (κ2) is 12.1. The van der Waals surface area contributed by atoms with Gasteiger partial charge in [-0.3, -0.25) is 14.4 Å². The van der Waals surface area contributed by atoms with E-state index in [0.717, 1.165) is 11.3 Å². The predicted molar refractivity (Wildman–Crippen MR) is 157 cm³/mol. The lowest BCUT2D eigenvalue weighted by Gasteiger charge is -2.32. The number of nitrogens with one attached hydrogen (secondary N) is 2. The maximum atomic E-state index is 13.5. The number of benzene rings is 2. The fourth-order valence-electron chi connectivity index (χ4n) is 4.11. The van der Waals surface area contributed by atoms with Crippen LogP contribution < -0.4 is 10.0 Å².